The lowest BCUT2D eigenvalue weighted by molar-refractivity contribution is 0.0933. The van der Waals surface area contributed by atoms with E-state index in [4.69, 9.17) is 9.84 Å². The second kappa shape index (κ2) is 7.43. The van der Waals surface area contributed by atoms with E-state index >= 15 is 0 Å². The summed E-state index contributed by atoms with van der Waals surface area (Å²) < 4.78 is 18.2. The van der Waals surface area contributed by atoms with Gasteiger partial charge in [0.05, 0.1) is 12.2 Å². The summed E-state index contributed by atoms with van der Waals surface area (Å²) >= 11 is 0. The third-order valence-corrected chi connectivity index (χ3v) is 2.11. The van der Waals surface area contributed by atoms with Gasteiger partial charge in [-0.25, -0.2) is 4.39 Å². The predicted molar refractivity (Wildman–Crippen MR) is 64.6 cm³/mol. The highest BCUT2D eigenvalue weighted by molar-refractivity contribution is 5.94. The van der Waals surface area contributed by atoms with Gasteiger partial charge < -0.3 is 15.2 Å². The molecule has 0 aliphatic heterocycles. The van der Waals surface area contributed by atoms with Crippen LogP contribution < -0.4 is 5.32 Å². The van der Waals surface area contributed by atoms with Gasteiger partial charge in [-0.15, -0.1) is 0 Å². The fourth-order valence-electron chi connectivity index (χ4n) is 1.28. The van der Waals surface area contributed by atoms with Crippen molar-refractivity contribution in [2.24, 2.45) is 0 Å². The molecule has 1 amide bonds. The van der Waals surface area contributed by atoms with Gasteiger partial charge in [0.25, 0.3) is 5.91 Å². The lowest BCUT2D eigenvalue weighted by Crippen LogP contribution is -2.27. The Morgan fingerprint density at radius 3 is 3.00 bits per heavy atom. The second-order valence-electron chi connectivity index (χ2n) is 3.40. The molecule has 0 heterocycles. The molecule has 0 radical (unpaired) electrons. The SMILES string of the molecule is COCCNC(=O)c1cc(C#CCO)ccc1F. The molecule has 0 aliphatic rings. The van der Waals surface area contributed by atoms with Crippen molar-refractivity contribution >= 4 is 5.91 Å². The third-order valence-electron chi connectivity index (χ3n) is 2.11. The molecule has 1 aromatic rings. The van der Waals surface area contributed by atoms with E-state index in [1.54, 1.807) is 0 Å². The molecule has 0 aliphatic carbocycles. The summed E-state index contributed by atoms with van der Waals surface area (Å²) in [6.45, 7) is 0.380. The number of halogens is 1. The molecule has 2 N–H and O–H groups in total. The molecule has 96 valence electrons. The molecular formula is C13H14FNO3. The summed E-state index contributed by atoms with van der Waals surface area (Å²) in [6.07, 6.45) is 0. The summed E-state index contributed by atoms with van der Waals surface area (Å²) in [5.74, 6) is 3.92. The standard InChI is InChI=1S/C13H14FNO3/c1-18-8-6-15-13(17)11-9-10(3-2-7-16)4-5-12(11)14/h4-5,9,16H,6-8H2,1H3,(H,15,17). The summed E-state index contributed by atoms with van der Waals surface area (Å²) in [6, 6.07) is 3.97. The van der Waals surface area contributed by atoms with Gasteiger partial charge in [-0.3, -0.25) is 4.79 Å². The van der Waals surface area contributed by atoms with Gasteiger partial charge in [0, 0.05) is 19.2 Å². The zero-order valence-electron chi connectivity index (χ0n) is 10.00. The van der Waals surface area contributed by atoms with Gasteiger partial charge in [-0.2, -0.15) is 0 Å². The largest absolute Gasteiger partial charge is 0.384 e. The van der Waals surface area contributed by atoms with Gasteiger partial charge in [-0.05, 0) is 18.2 Å². The number of rotatable bonds is 4. The minimum absolute atomic E-state index is 0.0733. The van der Waals surface area contributed by atoms with Gasteiger partial charge >= 0.3 is 0 Å². The summed E-state index contributed by atoms with van der Waals surface area (Å²) in [4.78, 5) is 11.7. The van der Waals surface area contributed by atoms with E-state index in [1.807, 2.05) is 0 Å². The molecule has 0 fully saturated rings. The van der Waals surface area contributed by atoms with E-state index in [1.165, 1.54) is 25.3 Å². The van der Waals surface area contributed by atoms with Crippen molar-refractivity contribution in [3.63, 3.8) is 0 Å². The van der Waals surface area contributed by atoms with Crippen LogP contribution in [0.1, 0.15) is 15.9 Å². The molecular weight excluding hydrogens is 237 g/mol. The van der Waals surface area contributed by atoms with E-state index in [0.29, 0.717) is 18.7 Å². The number of aliphatic hydroxyl groups excluding tert-OH is 1. The van der Waals surface area contributed by atoms with E-state index in [-0.39, 0.29) is 12.2 Å². The molecule has 1 rings (SSSR count). The fraction of sp³-hybridized carbons (Fsp3) is 0.308. The van der Waals surface area contributed by atoms with Crippen LogP contribution >= 0.6 is 0 Å². The molecule has 0 unspecified atom stereocenters. The Hall–Kier alpha value is -1.90. The monoisotopic (exact) mass is 251 g/mol. The number of ether oxygens (including phenoxy) is 1. The van der Waals surface area contributed by atoms with E-state index < -0.39 is 11.7 Å². The van der Waals surface area contributed by atoms with Crippen LogP contribution in [0.25, 0.3) is 0 Å². The Morgan fingerprint density at radius 1 is 1.56 bits per heavy atom. The van der Waals surface area contributed by atoms with Crippen molar-refractivity contribution in [2.75, 3.05) is 26.9 Å². The maximum absolute atomic E-state index is 13.5. The Kier molecular flexibility index (Phi) is 5.85. The number of hydrogen-bond donors (Lipinski definition) is 2. The summed E-state index contributed by atoms with van der Waals surface area (Å²) in [5, 5.41) is 11.1. The molecule has 5 heteroatoms. The van der Waals surface area contributed by atoms with Gasteiger partial charge in [0.15, 0.2) is 0 Å². The quantitative estimate of drug-likeness (QED) is 0.607. The van der Waals surface area contributed by atoms with Crippen LogP contribution in [0.3, 0.4) is 0 Å². The average molecular weight is 251 g/mol. The molecule has 0 atom stereocenters. The first-order valence-corrected chi connectivity index (χ1v) is 5.35. The van der Waals surface area contributed by atoms with Crippen LogP contribution in [-0.2, 0) is 4.74 Å². The van der Waals surface area contributed by atoms with E-state index in [0.717, 1.165) is 0 Å². The Bertz CT molecular complexity index is 477. The van der Waals surface area contributed by atoms with Crippen molar-refractivity contribution in [1.82, 2.24) is 5.32 Å². The van der Waals surface area contributed by atoms with Crippen LogP contribution in [-0.4, -0.2) is 37.9 Å². The predicted octanol–water partition coefficient (Wildman–Crippen LogP) is 0.546. The summed E-state index contributed by atoms with van der Waals surface area (Å²) in [5.41, 5.74) is 0.401. The van der Waals surface area contributed by atoms with Crippen LogP contribution in [0.2, 0.25) is 0 Å². The Labute approximate surface area is 105 Å². The van der Waals surface area contributed by atoms with Gasteiger partial charge in [0.2, 0.25) is 0 Å². The Balaban J connectivity index is 2.83. The van der Waals surface area contributed by atoms with Crippen molar-refractivity contribution in [1.29, 1.82) is 0 Å². The van der Waals surface area contributed by atoms with E-state index in [2.05, 4.69) is 17.2 Å². The molecule has 0 aromatic heterocycles. The Morgan fingerprint density at radius 2 is 2.33 bits per heavy atom. The van der Waals surface area contributed by atoms with E-state index in [9.17, 15) is 9.18 Å². The van der Waals surface area contributed by atoms with Gasteiger partial charge in [-0.1, -0.05) is 11.8 Å². The number of amides is 1. The average Bonchev–Trinajstić information content (AvgIpc) is 2.38. The first-order chi connectivity index (χ1) is 8.69. The van der Waals surface area contributed by atoms with Crippen molar-refractivity contribution in [3.05, 3.63) is 35.1 Å². The third kappa shape index (κ3) is 4.17. The first kappa shape index (κ1) is 14.2. The maximum Gasteiger partial charge on any atom is 0.254 e. The zero-order chi connectivity index (χ0) is 13.4. The number of hydrogen-bond acceptors (Lipinski definition) is 3. The van der Waals surface area contributed by atoms with Crippen LogP contribution in [0, 0.1) is 17.7 Å². The highest BCUT2D eigenvalue weighted by Crippen LogP contribution is 2.09. The van der Waals surface area contributed by atoms with Crippen LogP contribution in [0.4, 0.5) is 4.39 Å². The normalized spacial score (nSPS) is 9.50. The highest BCUT2D eigenvalue weighted by Gasteiger charge is 2.11. The molecule has 0 spiro atoms. The minimum Gasteiger partial charge on any atom is -0.384 e. The van der Waals surface area contributed by atoms with Crippen molar-refractivity contribution in [3.8, 4) is 11.8 Å². The lowest BCUT2D eigenvalue weighted by atomic mass is 10.1. The van der Waals surface area contributed by atoms with Crippen molar-refractivity contribution in [2.45, 2.75) is 0 Å². The topological polar surface area (TPSA) is 58.6 Å². The van der Waals surface area contributed by atoms with Gasteiger partial charge in [0.1, 0.15) is 12.4 Å². The van der Waals surface area contributed by atoms with Crippen LogP contribution in [0.5, 0.6) is 0 Å². The highest BCUT2D eigenvalue weighted by atomic mass is 19.1. The smallest absolute Gasteiger partial charge is 0.254 e. The maximum atomic E-state index is 13.5. The molecule has 1 aromatic carbocycles. The number of benzene rings is 1. The number of aliphatic hydroxyl groups is 1. The molecule has 18 heavy (non-hydrogen) atoms. The number of methoxy groups -OCH3 is 1. The number of nitrogens with one attached hydrogen (secondary N) is 1. The first-order valence-electron chi connectivity index (χ1n) is 5.35. The molecule has 0 bridgehead atoms. The number of carbonyl (C=O) groups is 1. The minimum atomic E-state index is -0.612. The molecule has 4 nitrogen and oxygen atoms in total. The lowest BCUT2D eigenvalue weighted by Gasteiger charge is -2.05. The zero-order valence-corrected chi connectivity index (χ0v) is 10.00. The van der Waals surface area contributed by atoms with Crippen molar-refractivity contribution < 1.29 is 19.0 Å². The molecule has 0 saturated carbocycles. The summed E-state index contributed by atoms with van der Waals surface area (Å²) in [7, 11) is 1.51. The second-order valence-corrected chi connectivity index (χ2v) is 3.40. The molecule has 0 saturated heterocycles. The fourth-order valence-corrected chi connectivity index (χ4v) is 1.28. The van der Waals surface area contributed by atoms with Crippen LogP contribution in [0.15, 0.2) is 18.2 Å². The number of carbonyl (C=O) groups excluding carboxylic acids is 1.